The Kier molecular flexibility index (Phi) is 8.63. The molecule has 1 aromatic carbocycles. The molecule has 7 nitrogen and oxygen atoms in total. The lowest BCUT2D eigenvalue weighted by Crippen LogP contribution is -2.48. The zero-order valence-corrected chi connectivity index (χ0v) is 21.1. The molecule has 0 bridgehead atoms. The lowest BCUT2D eigenvalue weighted by atomic mass is 9.97. The van der Waals surface area contributed by atoms with Crippen molar-refractivity contribution in [3.63, 3.8) is 0 Å². The number of anilines is 2. The molecule has 0 radical (unpaired) electrons. The average Bonchev–Trinajstić information content (AvgIpc) is 3.26. The van der Waals surface area contributed by atoms with Crippen LogP contribution in [0, 0.1) is 5.92 Å². The van der Waals surface area contributed by atoms with Gasteiger partial charge in [0.15, 0.2) is 0 Å². The summed E-state index contributed by atoms with van der Waals surface area (Å²) >= 11 is 0. The molecule has 2 saturated heterocycles. The molecule has 3 rings (SSSR count). The van der Waals surface area contributed by atoms with Crippen LogP contribution in [0.2, 0.25) is 0 Å². The summed E-state index contributed by atoms with van der Waals surface area (Å²) in [5.74, 6) is 0.346. The first-order valence-electron chi connectivity index (χ1n) is 12.5. The second-order valence-corrected chi connectivity index (χ2v) is 10.8. The van der Waals surface area contributed by atoms with Crippen molar-refractivity contribution in [1.29, 1.82) is 0 Å². The van der Waals surface area contributed by atoms with Gasteiger partial charge in [0.25, 0.3) is 0 Å². The van der Waals surface area contributed by atoms with Crippen LogP contribution in [-0.2, 0) is 9.53 Å². The van der Waals surface area contributed by atoms with Crippen LogP contribution in [0.5, 0.6) is 0 Å². The minimum absolute atomic E-state index is 0.0115. The van der Waals surface area contributed by atoms with Crippen molar-refractivity contribution < 1.29 is 14.3 Å². The molecule has 2 fully saturated rings. The minimum Gasteiger partial charge on any atom is -0.444 e. The van der Waals surface area contributed by atoms with E-state index in [0.717, 1.165) is 44.7 Å². The second kappa shape index (κ2) is 11.2. The smallest absolute Gasteiger partial charge is 0.410 e. The fourth-order valence-electron chi connectivity index (χ4n) is 4.67. The van der Waals surface area contributed by atoms with E-state index in [1.807, 2.05) is 51.7 Å². The fraction of sp³-hybridized carbons (Fsp3) is 0.692. The Morgan fingerprint density at radius 2 is 1.76 bits per heavy atom. The molecule has 184 valence electrons. The number of carbonyl (C=O) groups excluding carboxylic acids is 2. The Balaban J connectivity index is 1.49. The first-order chi connectivity index (χ1) is 15.6. The lowest BCUT2D eigenvalue weighted by Gasteiger charge is -2.37. The molecule has 33 heavy (non-hydrogen) atoms. The molecule has 2 aliphatic rings. The Morgan fingerprint density at radius 3 is 2.36 bits per heavy atom. The van der Waals surface area contributed by atoms with Crippen LogP contribution in [-0.4, -0.2) is 72.7 Å². The van der Waals surface area contributed by atoms with Gasteiger partial charge >= 0.3 is 6.09 Å². The van der Waals surface area contributed by atoms with Crippen molar-refractivity contribution in [2.75, 3.05) is 49.5 Å². The van der Waals surface area contributed by atoms with Gasteiger partial charge in [0, 0.05) is 43.6 Å². The molecular formula is C26H42N4O3. The molecule has 2 amide bonds. The van der Waals surface area contributed by atoms with Crippen molar-refractivity contribution in [3.8, 4) is 0 Å². The minimum atomic E-state index is -0.506. The van der Waals surface area contributed by atoms with Gasteiger partial charge < -0.3 is 19.9 Å². The summed E-state index contributed by atoms with van der Waals surface area (Å²) in [6.45, 7) is 14.7. The summed E-state index contributed by atoms with van der Waals surface area (Å²) in [5, 5.41) is 3.04. The van der Waals surface area contributed by atoms with Crippen molar-refractivity contribution >= 4 is 23.4 Å². The number of carbonyl (C=O) groups is 2. The highest BCUT2D eigenvalue weighted by Gasteiger charge is 2.29. The number of rotatable bonds is 7. The van der Waals surface area contributed by atoms with Crippen LogP contribution in [0.1, 0.15) is 60.3 Å². The lowest BCUT2D eigenvalue weighted by molar-refractivity contribution is -0.117. The Labute approximate surface area is 199 Å². The van der Waals surface area contributed by atoms with Gasteiger partial charge in [0.2, 0.25) is 5.91 Å². The first-order valence-corrected chi connectivity index (χ1v) is 12.5. The third kappa shape index (κ3) is 7.91. The summed E-state index contributed by atoms with van der Waals surface area (Å²) in [7, 11) is 0. The van der Waals surface area contributed by atoms with E-state index in [9.17, 15) is 9.59 Å². The third-order valence-corrected chi connectivity index (χ3v) is 6.30. The SMILES string of the molecule is CC(C)N(CC1CCCN(CC(=O)Nc2ccc(N3CCCC3)cc2)C1)C(=O)OC(C)(C)C. The summed E-state index contributed by atoms with van der Waals surface area (Å²) in [5.41, 5.74) is 1.56. The maximum atomic E-state index is 12.7. The summed E-state index contributed by atoms with van der Waals surface area (Å²) in [6.07, 6.45) is 4.33. The van der Waals surface area contributed by atoms with E-state index in [4.69, 9.17) is 4.74 Å². The van der Waals surface area contributed by atoms with Crippen LogP contribution in [0.4, 0.5) is 16.2 Å². The molecule has 0 aliphatic carbocycles. The zero-order valence-electron chi connectivity index (χ0n) is 21.1. The topological polar surface area (TPSA) is 65.1 Å². The van der Waals surface area contributed by atoms with Gasteiger partial charge in [-0.3, -0.25) is 9.69 Å². The van der Waals surface area contributed by atoms with Crippen molar-refractivity contribution in [2.45, 2.75) is 71.9 Å². The molecule has 0 spiro atoms. The highest BCUT2D eigenvalue weighted by Crippen LogP contribution is 2.23. The molecule has 1 N–H and O–H groups in total. The normalized spacial score (nSPS) is 19.6. The van der Waals surface area contributed by atoms with E-state index >= 15 is 0 Å². The van der Waals surface area contributed by atoms with E-state index in [-0.39, 0.29) is 18.0 Å². The maximum absolute atomic E-state index is 12.7. The predicted molar refractivity (Wildman–Crippen MR) is 134 cm³/mol. The van der Waals surface area contributed by atoms with E-state index in [0.29, 0.717) is 19.0 Å². The van der Waals surface area contributed by atoms with Crippen molar-refractivity contribution in [1.82, 2.24) is 9.80 Å². The Bertz CT molecular complexity index is 782. The second-order valence-electron chi connectivity index (χ2n) is 10.8. The molecule has 1 atom stereocenters. The molecule has 1 aromatic rings. The zero-order chi connectivity index (χ0) is 24.0. The van der Waals surface area contributed by atoms with Crippen LogP contribution >= 0.6 is 0 Å². The van der Waals surface area contributed by atoms with Gasteiger partial charge in [-0.05, 0) is 97.0 Å². The van der Waals surface area contributed by atoms with Gasteiger partial charge in [-0.25, -0.2) is 4.79 Å². The molecule has 7 heteroatoms. The van der Waals surface area contributed by atoms with Gasteiger partial charge in [0.1, 0.15) is 5.60 Å². The third-order valence-electron chi connectivity index (χ3n) is 6.30. The van der Waals surface area contributed by atoms with Crippen LogP contribution in [0.15, 0.2) is 24.3 Å². The van der Waals surface area contributed by atoms with Crippen molar-refractivity contribution in [2.24, 2.45) is 5.92 Å². The molecule has 1 unspecified atom stereocenters. The average molecular weight is 459 g/mol. The van der Waals surface area contributed by atoms with Crippen molar-refractivity contribution in [3.05, 3.63) is 24.3 Å². The highest BCUT2D eigenvalue weighted by atomic mass is 16.6. The van der Waals surface area contributed by atoms with E-state index in [1.54, 1.807) is 0 Å². The standard InChI is InChI=1S/C26H42N4O3/c1-20(2)30(25(32)33-26(3,4)5)18-21-9-8-14-28(17-21)19-24(31)27-22-10-12-23(13-11-22)29-15-6-7-16-29/h10-13,20-21H,6-9,14-19H2,1-5H3,(H,27,31). The Hall–Kier alpha value is -2.28. The van der Waals surface area contributed by atoms with Crippen LogP contribution < -0.4 is 10.2 Å². The molecule has 0 aromatic heterocycles. The summed E-state index contributed by atoms with van der Waals surface area (Å²) < 4.78 is 5.61. The Morgan fingerprint density at radius 1 is 1.09 bits per heavy atom. The first kappa shape index (κ1) is 25.3. The number of nitrogens with zero attached hydrogens (tertiary/aromatic N) is 3. The number of amides is 2. The van der Waals surface area contributed by atoms with Gasteiger partial charge in [-0.2, -0.15) is 0 Å². The van der Waals surface area contributed by atoms with Crippen LogP contribution in [0.25, 0.3) is 0 Å². The van der Waals surface area contributed by atoms with Gasteiger partial charge in [-0.1, -0.05) is 0 Å². The fourth-order valence-corrected chi connectivity index (χ4v) is 4.67. The molecule has 0 saturated carbocycles. The maximum Gasteiger partial charge on any atom is 0.410 e. The van der Waals surface area contributed by atoms with Gasteiger partial charge in [-0.15, -0.1) is 0 Å². The quantitative estimate of drug-likeness (QED) is 0.648. The number of hydrogen-bond acceptors (Lipinski definition) is 5. The van der Waals surface area contributed by atoms with E-state index < -0.39 is 5.60 Å². The highest BCUT2D eigenvalue weighted by molar-refractivity contribution is 5.92. The monoisotopic (exact) mass is 458 g/mol. The largest absolute Gasteiger partial charge is 0.444 e. The van der Waals surface area contributed by atoms with E-state index in [1.165, 1.54) is 18.5 Å². The van der Waals surface area contributed by atoms with Crippen LogP contribution in [0.3, 0.4) is 0 Å². The number of ether oxygens (including phenoxy) is 1. The number of piperidine rings is 1. The molecule has 2 aliphatic heterocycles. The summed E-state index contributed by atoms with van der Waals surface area (Å²) in [4.78, 5) is 31.8. The predicted octanol–water partition coefficient (Wildman–Crippen LogP) is 4.58. The number of hydrogen-bond donors (Lipinski definition) is 1. The number of benzene rings is 1. The van der Waals surface area contributed by atoms with E-state index in [2.05, 4.69) is 27.2 Å². The summed E-state index contributed by atoms with van der Waals surface area (Å²) in [6, 6.07) is 8.24. The van der Waals surface area contributed by atoms with Gasteiger partial charge in [0.05, 0.1) is 6.54 Å². The molecular weight excluding hydrogens is 416 g/mol. The number of nitrogens with one attached hydrogen (secondary N) is 1. The molecule has 2 heterocycles. The number of likely N-dealkylation sites (tertiary alicyclic amines) is 1.